The van der Waals surface area contributed by atoms with Gasteiger partial charge in [0.05, 0.1) is 11.3 Å². The first kappa shape index (κ1) is 31.0. The average Bonchev–Trinajstić information content (AvgIpc) is 2.96. The maximum atomic E-state index is 13.4. The van der Waals surface area contributed by atoms with E-state index in [0.717, 1.165) is 94.4 Å². The number of rotatable bonds is 9. The minimum Gasteiger partial charge on any atom is -0.396 e. The fourth-order valence-electron chi connectivity index (χ4n) is 6.56. The molecule has 0 bridgehead atoms. The Morgan fingerprint density at radius 1 is 1.05 bits per heavy atom. The first-order chi connectivity index (χ1) is 19.6. The second-order valence-corrected chi connectivity index (χ2v) is 11.9. The second-order valence-electron chi connectivity index (χ2n) is 11.9. The van der Waals surface area contributed by atoms with Crippen LogP contribution in [0.3, 0.4) is 0 Å². The van der Waals surface area contributed by atoms with Crippen LogP contribution in [0.1, 0.15) is 96.0 Å². The van der Waals surface area contributed by atoms with Crippen LogP contribution in [-0.4, -0.2) is 48.1 Å². The standard InChI is InChI=1S/C31H44F3N5O2/c1-21(40)38-24-11-8-22(9-12-24)10-13-28(41)29(35)25-5-2-3-7-27(25)36-18-14-23-15-19-39(20-16-23)30-26(31(32,33)34)6-4-17-37-30/h4,6,17,22-24H,2-3,5,7-16,18-20,35H2,1H3,(H,38,40)/b29-25-,36-27?. The summed E-state index contributed by atoms with van der Waals surface area (Å²) in [5.74, 6) is 0.934. The summed E-state index contributed by atoms with van der Waals surface area (Å²) in [5, 5.41) is 3.00. The van der Waals surface area contributed by atoms with Crippen LogP contribution in [0, 0.1) is 11.8 Å². The van der Waals surface area contributed by atoms with Crippen molar-refractivity contribution in [2.45, 2.75) is 103 Å². The van der Waals surface area contributed by atoms with Crippen molar-refractivity contribution in [3.05, 3.63) is 35.2 Å². The number of aliphatic imine (C=N–C) groups is 1. The lowest BCUT2D eigenvalue weighted by Gasteiger charge is -2.34. The molecule has 1 aromatic heterocycles. The lowest BCUT2D eigenvalue weighted by molar-refractivity contribution is -0.137. The zero-order chi connectivity index (χ0) is 29.4. The monoisotopic (exact) mass is 575 g/mol. The Hall–Kier alpha value is -2.91. The molecule has 3 aliphatic rings. The number of nitrogens with one attached hydrogen (secondary N) is 1. The molecule has 2 saturated carbocycles. The Labute approximate surface area is 241 Å². The van der Waals surface area contributed by atoms with Gasteiger partial charge in [-0.1, -0.05) is 0 Å². The molecule has 1 saturated heterocycles. The lowest BCUT2D eigenvalue weighted by atomic mass is 9.82. The predicted molar refractivity (Wildman–Crippen MR) is 155 cm³/mol. The molecular weight excluding hydrogens is 531 g/mol. The van der Waals surface area contributed by atoms with Gasteiger partial charge in [0, 0.05) is 50.9 Å². The van der Waals surface area contributed by atoms with Crippen molar-refractivity contribution in [2.75, 3.05) is 24.5 Å². The molecule has 7 nitrogen and oxygen atoms in total. The number of nitrogens with two attached hydrogens (primary N) is 1. The molecule has 0 spiro atoms. The number of alkyl halides is 3. The highest BCUT2D eigenvalue weighted by molar-refractivity contribution is 6.08. The molecular formula is C31H44F3N5O2. The van der Waals surface area contributed by atoms with Crippen LogP contribution in [-0.2, 0) is 15.8 Å². The number of Topliss-reactive ketones (excluding diaryl/α,β-unsaturated/α-hetero) is 1. The summed E-state index contributed by atoms with van der Waals surface area (Å²) >= 11 is 0. The molecule has 0 atom stereocenters. The summed E-state index contributed by atoms with van der Waals surface area (Å²) in [6.45, 7) is 3.28. The first-order valence-electron chi connectivity index (χ1n) is 15.2. The number of carbonyl (C=O) groups is 2. The number of hydrogen-bond donors (Lipinski definition) is 2. The van der Waals surface area contributed by atoms with Crippen LogP contribution < -0.4 is 16.0 Å². The Morgan fingerprint density at radius 2 is 1.73 bits per heavy atom. The summed E-state index contributed by atoms with van der Waals surface area (Å²) < 4.78 is 40.2. The number of aromatic nitrogens is 1. The highest BCUT2D eigenvalue weighted by Gasteiger charge is 2.36. The van der Waals surface area contributed by atoms with Gasteiger partial charge in [-0.3, -0.25) is 14.6 Å². The summed E-state index contributed by atoms with van der Waals surface area (Å²) in [7, 11) is 0. The third kappa shape index (κ3) is 8.79. The summed E-state index contributed by atoms with van der Waals surface area (Å²) in [6.07, 6.45) is 8.35. The van der Waals surface area contributed by atoms with Gasteiger partial charge in [0.2, 0.25) is 5.91 Å². The van der Waals surface area contributed by atoms with E-state index in [-0.39, 0.29) is 23.6 Å². The molecule has 2 heterocycles. The van der Waals surface area contributed by atoms with Crippen molar-refractivity contribution < 1.29 is 22.8 Å². The summed E-state index contributed by atoms with van der Waals surface area (Å²) in [5.41, 5.74) is 7.98. The van der Waals surface area contributed by atoms with Crippen LogP contribution in [0.4, 0.5) is 19.0 Å². The van der Waals surface area contributed by atoms with E-state index < -0.39 is 11.7 Å². The van der Waals surface area contributed by atoms with Crippen LogP contribution in [0.5, 0.6) is 0 Å². The lowest BCUT2D eigenvalue weighted by Crippen LogP contribution is -2.36. The molecule has 41 heavy (non-hydrogen) atoms. The van der Waals surface area contributed by atoms with Crippen LogP contribution >= 0.6 is 0 Å². The summed E-state index contributed by atoms with van der Waals surface area (Å²) in [4.78, 5) is 35.0. The zero-order valence-electron chi connectivity index (χ0n) is 24.1. The van der Waals surface area contributed by atoms with Crippen LogP contribution in [0.2, 0.25) is 0 Å². The average molecular weight is 576 g/mol. The number of allylic oxidation sites excluding steroid dienone is 2. The molecule has 0 aromatic carbocycles. The predicted octanol–water partition coefficient (Wildman–Crippen LogP) is 5.98. The van der Waals surface area contributed by atoms with Crippen molar-refractivity contribution in [3.63, 3.8) is 0 Å². The van der Waals surface area contributed by atoms with Crippen molar-refractivity contribution in [3.8, 4) is 0 Å². The second kappa shape index (κ2) is 14.3. The van der Waals surface area contributed by atoms with Crippen molar-refractivity contribution >= 4 is 23.2 Å². The van der Waals surface area contributed by atoms with E-state index in [2.05, 4.69) is 10.3 Å². The van der Waals surface area contributed by atoms with Gasteiger partial charge >= 0.3 is 6.18 Å². The summed E-state index contributed by atoms with van der Waals surface area (Å²) in [6, 6.07) is 2.67. The number of ketones is 1. The SMILES string of the molecule is CC(=O)NC1CCC(CCC(=O)/C(N)=C2\CCCCC2=NCCC2CCN(c3ncccc3C(F)(F)F)CC2)CC1. The minimum atomic E-state index is -4.42. The van der Waals surface area contributed by atoms with Gasteiger partial charge in [-0.05, 0) is 107 Å². The smallest absolute Gasteiger partial charge is 0.396 e. The number of anilines is 1. The van der Waals surface area contributed by atoms with Gasteiger partial charge in [0.15, 0.2) is 5.78 Å². The highest BCUT2D eigenvalue weighted by atomic mass is 19.4. The van der Waals surface area contributed by atoms with Crippen LogP contribution in [0.25, 0.3) is 0 Å². The van der Waals surface area contributed by atoms with E-state index in [4.69, 9.17) is 10.7 Å². The third-order valence-electron chi connectivity index (χ3n) is 8.94. The zero-order valence-corrected chi connectivity index (χ0v) is 24.1. The number of amides is 1. The molecule has 4 rings (SSSR count). The molecule has 2 aliphatic carbocycles. The number of pyridine rings is 1. The molecule has 3 N–H and O–H groups in total. The van der Waals surface area contributed by atoms with E-state index >= 15 is 0 Å². The molecule has 0 radical (unpaired) electrons. The van der Waals surface area contributed by atoms with Gasteiger partial charge < -0.3 is 16.0 Å². The Morgan fingerprint density at radius 3 is 2.41 bits per heavy atom. The Kier molecular flexibility index (Phi) is 10.8. The van der Waals surface area contributed by atoms with E-state index in [1.54, 1.807) is 11.8 Å². The number of piperidine rings is 1. The fraction of sp³-hybridized carbons (Fsp3) is 0.677. The maximum Gasteiger partial charge on any atom is 0.419 e. The van der Waals surface area contributed by atoms with Crippen LogP contribution in [0.15, 0.2) is 34.6 Å². The molecule has 0 unspecified atom stereocenters. The largest absolute Gasteiger partial charge is 0.419 e. The van der Waals surface area contributed by atoms with Crippen molar-refractivity contribution in [1.29, 1.82) is 0 Å². The number of halogens is 3. The van der Waals surface area contributed by atoms with Gasteiger partial charge in [-0.2, -0.15) is 13.2 Å². The fourth-order valence-corrected chi connectivity index (χ4v) is 6.56. The van der Waals surface area contributed by atoms with Crippen molar-refractivity contribution in [2.24, 2.45) is 22.6 Å². The number of hydrogen-bond acceptors (Lipinski definition) is 6. The molecule has 1 amide bonds. The third-order valence-corrected chi connectivity index (χ3v) is 8.94. The molecule has 10 heteroatoms. The van der Waals surface area contributed by atoms with Gasteiger partial charge in [0.1, 0.15) is 5.82 Å². The van der Waals surface area contributed by atoms with E-state index in [1.807, 2.05) is 0 Å². The van der Waals surface area contributed by atoms with E-state index in [9.17, 15) is 22.8 Å². The van der Waals surface area contributed by atoms with Gasteiger partial charge in [-0.15, -0.1) is 0 Å². The molecule has 1 aliphatic heterocycles. The first-order valence-corrected chi connectivity index (χ1v) is 15.2. The maximum absolute atomic E-state index is 13.4. The van der Waals surface area contributed by atoms with E-state index in [1.165, 1.54) is 12.3 Å². The molecule has 1 aromatic rings. The quantitative estimate of drug-likeness (QED) is 0.353. The topological polar surface area (TPSA) is 101 Å². The van der Waals surface area contributed by atoms with Gasteiger partial charge in [-0.25, -0.2) is 4.98 Å². The normalized spacial score (nSPS) is 24.8. The number of carbonyl (C=O) groups excluding carboxylic acids is 2. The van der Waals surface area contributed by atoms with E-state index in [0.29, 0.717) is 43.6 Å². The van der Waals surface area contributed by atoms with Gasteiger partial charge in [0.25, 0.3) is 0 Å². The Bertz CT molecular complexity index is 1120. The Balaban J connectivity index is 1.26. The molecule has 226 valence electrons. The number of nitrogens with zero attached hydrogens (tertiary/aromatic N) is 3. The minimum absolute atomic E-state index is 0.0127. The highest BCUT2D eigenvalue weighted by Crippen LogP contribution is 2.37. The molecule has 3 fully saturated rings. The van der Waals surface area contributed by atoms with Crippen molar-refractivity contribution in [1.82, 2.24) is 10.3 Å².